The zero-order valence-corrected chi connectivity index (χ0v) is 16.7. The smallest absolute Gasteiger partial charge is 0.308 e. The Bertz CT molecular complexity index is 731. The van der Waals surface area contributed by atoms with E-state index in [0.29, 0.717) is 47.1 Å². The molecule has 1 N–H and O–H groups in total. The van der Waals surface area contributed by atoms with Gasteiger partial charge in [-0.1, -0.05) is 25.4 Å². The Balaban J connectivity index is 1.80. The maximum Gasteiger partial charge on any atom is 0.308 e. The number of ether oxygens (including phenoxy) is 2. The summed E-state index contributed by atoms with van der Waals surface area (Å²) in [6, 6.07) is 3.19. The van der Waals surface area contributed by atoms with Crippen molar-refractivity contribution in [2.45, 2.75) is 26.7 Å². The van der Waals surface area contributed by atoms with Gasteiger partial charge < -0.3 is 19.5 Å². The highest BCUT2D eigenvalue weighted by Crippen LogP contribution is 2.44. The number of methoxy groups -OCH3 is 1. The van der Waals surface area contributed by atoms with E-state index < -0.39 is 11.9 Å². The maximum atomic E-state index is 13.0. The van der Waals surface area contributed by atoms with Gasteiger partial charge in [0.25, 0.3) is 5.91 Å². The predicted molar refractivity (Wildman–Crippen MR) is 102 cm³/mol. The van der Waals surface area contributed by atoms with Crippen LogP contribution in [0.3, 0.4) is 0 Å². The van der Waals surface area contributed by atoms with Crippen LogP contribution in [0.2, 0.25) is 5.02 Å². The summed E-state index contributed by atoms with van der Waals surface area (Å²) >= 11 is 6.35. The number of aliphatic carboxylic acids is 1. The molecule has 1 aliphatic heterocycles. The number of carbonyl (C=O) groups is 2. The summed E-state index contributed by atoms with van der Waals surface area (Å²) in [6.07, 6.45) is 2.11. The van der Waals surface area contributed by atoms with Gasteiger partial charge in [0.2, 0.25) is 0 Å². The van der Waals surface area contributed by atoms with Crippen molar-refractivity contribution in [3.63, 3.8) is 0 Å². The lowest BCUT2D eigenvalue weighted by molar-refractivity contribution is -0.142. The first-order valence-electron chi connectivity index (χ1n) is 9.34. The second kappa shape index (κ2) is 7.97. The first-order chi connectivity index (χ1) is 12.8. The lowest BCUT2D eigenvalue weighted by atomic mass is 9.92. The van der Waals surface area contributed by atoms with Crippen LogP contribution in [0.15, 0.2) is 12.1 Å². The lowest BCUT2D eigenvalue weighted by Crippen LogP contribution is -2.30. The maximum absolute atomic E-state index is 13.0. The molecule has 1 aromatic carbocycles. The largest absolute Gasteiger partial charge is 0.493 e. The summed E-state index contributed by atoms with van der Waals surface area (Å²) in [4.78, 5) is 26.2. The van der Waals surface area contributed by atoms with Gasteiger partial charge >= 0.3 is 5.97 Å². The van der Waals surface area contributed by atoms with E-state index in [2.05, 4.69) is 0 Å². The van der Waals surface area contributed by atoms with Gasteiger partial charge in [-0.05, 0) is 42.7 Å². The standard InChI is InChI=1S/C20H26ClNO5/c1-11(2)10-27-18-16(21)6-13(7-17(18)26-3)19(23)22-8-14(12-4-5-12)15(9-22)20(24)25/h6-7,11-12,14-15H,4-5,8-10H2,1-3H3,(H,24,25)/t14-,15+/m1/s1. The van der Waals surface area contributed by atoms with Gasteiger partial charge in [0.05, 0.1) is 24.7 Å². The van der Waals surface area contributed by atoms with Crippen molar-refractivity contribution in [2.75, 3.05) is 26.8 Å². The van der Waals surface area contributed by atoms with Crippen LogP contribution in [0.25, 0.3) is 0 Å². The number of carboxylic acids is 1. The highest BCUT2D eigenvalue weighted by Gasteiger charge is 2.47. The Morgan fingerprint density at radius 1 is 1.30 bits per heavy atom. The first kappa shape index (κ1) is 19.8. The van der Waals surface area contributed by atoms with E-state index in [1.807, 2.05) is 13.8 Å². The molecule has 0 radical (unpaired) electrons. The van der Waals surface area contributed by atoms with Crippen LogP contribution < -0.4 is 9.47 Å². The van der Waals surface area contributed by atoms with Crippen molar-refractivity contribution in [3.05, 3.63) is 22.7 Å². The third-order valence-corrected chi connectivity index (χ3v) is 5.52. The number of carboxylic acid groups (broad SMARTS) is 1. The van der Waals surface area contributed by atoms with Crippen molar-refractivity contribution in [2.24, 2.45) is 23.7 Å². The minimum absolute atomic E-state index is 0.0393. The molecule has 1 saturated heterocycles. The fourth-order valence-electron chi connectivity index (χ4n) is 3.67. The zero-order valence-electron chi connectivity index (χ0n) is 15.9. The molecule has 27 heavy (non-hydrogen) atoms. The highest BCUT2D eigenvalue weighted by molar-refractivity contribution is 6.32. The summed E-state index contributed by atoms with van der Waals surface area (Å²) < 4.78 is 11.1. The number of likely N-dealkylation sites (tertiary alicyclic amines) is 1. The molecule has 2 fully saturated rings. The molecule has 2 aliphatic rings. The predicted octanol–water partition coefficient (Wildman–Crippen LogP) is 3.57. The minimum Gasteiger partial charge on any atom is -0.493 e. The molecular formula is C20H26ClNO5. The number of nitrogens with zero attached hydrogens (tertiary/aromatic N) is 1. The highest BCUT2D eigenvalue weighted by atomic mass is 35.5. The van der Waals surface area contributed by atoms with Crippen LogP contribution in [0.1, 0.15) is 37.0 Å². The second-order valence-corrected chi connectivity index (χ2v) is 8.26. The van der Waals surface area contributed by atoms with Crippen molar-refractivity contribution >= 4 is 23.5 Å². The number of hydrogen-bond donors (Lipinski definition) is 1. The molecule has 0 bridgehead atoms. The summed E-state index contributed by atoms with van der Waals surface area (Å²) in [6.45, 7) is 5.26. The molecular weight excluding hydrogens is 370 g/mol. The van der Waals surface area contributed by atoms with Crippen molar-refractivity contribution in [1.29, 1.82) is 0 Å². The van der Waals surface area contributed by atoms with E-state index in [-0.39, 0.29) is 18.4 Å². The van der Waals surface area contributed by atoms with E-state index >= 15 is 0 Å². The number of halogens is 1. The molecule has 1 heterocycles. The number of carbonyl (C=O) groups excluding carboxylic acids is 1. The topological polar surface area (TPSA) is 76.1 Å². The number of rotatable bonds is 7. The SMILES string of the molecule is COc1cc(C(=O)N2C[C@H](C(=O)O)[C@@H](C3CC3)C2)cc(Cl)c1OCC(C)C. The molecule has 1 amide bonds. The Hall–Kier alpha value is -1.95. The third-order valence-electron chi connectivity index (χ3n) is 5.23. The van der Waals surface area contributed by atoms with Crippen molar-refractivity contribution in [3.8, 4) is 11.5 Å². The minimum atomic E-state index is -0.824. The molecule has 6 nitrogen and oxygen atoms in total. The van der Waals surface area contributed by atoms with Gasteiger partial charge in [0.15, 0.2) is 11.5 Å². The number of amides is 1. The first-order valence-corrected chi connectivity index (χ1v) is 9.72. The normalized spacial score (nSPS) is 22.2. The van der Waals surface area contributed by atoms with E-state index in [4.69, 9.17) is 21.1 Å². The number of hydrogen-bond acceptors (Lipinski definition) is 4. The van der Waals surface area contributed by atoms with Crippen LogP contribution in [-0.2, 0) is 4.79 Å². The quantitative estimate of drug-likeness (QED) is 0.763. The van der Waals surface area contributed by atoms with Gasteiger partial charge in [0, 0.05) is 18.7 Å². The van der Waals surface area contributed by atoms with Crippen molar-refractivity contribution in [1.82, 2.24) is 4.90 Å². The molecule has 0 spiro atoms. The van der Waals surface area contributed by atoms with Crippen LogP contribution in [0.5, 0.6) is 11.5 Å². The average molecular weight is 396 g/mol. The van der Waals surface area contributed by atoms with E-state index in [1.54, 1.807) is 17.0 Å². The number of benzene rings is 1. The van der Waals surface area contributed by atoms with Gasteiger partial charge in [-0.25, -0.2) is 0 Å². The molecule has 7 heteroatoms. The second-order valence-electron chi connectivity index (χ2n) is 7.85. The molecule has 1 saturated carbocycles. The molecule has 3 rings (SSSR count). The summed E-state index contributed by atoms with van der Waals surface area (Å²) in [5.41, 5.74) is 0.384. The monoisotopic (exact) mass is 395 g/mol. The van der Waals surface area contributed by atoms with E-state index in [1.165, 1.54) is 7.11 Å². The molecule has 1 aliphatic carbocycles. The van der Waals surface area contributed by atoms with Crippen LogP contribution >= 0.6 is 11.6 Å². The summed E-state index contributed by atoms with van der Waals surface area (Å²) in [7, 11) is 1.50. The Kier molecular flexibility index (Phi) is 5.84. The summed E-state index contributed by atoms with van der Waals surface area (Å²) in [5.74, 6) is 0.0716. The lowest BCUT2D eigenvalue weighted by Gasteiger charge is -2.19. The Morgan fingerprint density at radius 3 is 2.56 bits per heavy atom. The molecule has 0 unspecified atom stereocenters. The fraction of sp³-hybridized carbons (Fsp3) is 0.600. The molecule has 148 valence electrons. The molecule has 0 aromatic heterocycles. The molecule has 2 atom stereocenters. The van der Waals surface area contributed by atoms with Gasteiger partial charge in [-0.15, -0.1) is 0 Å². The third kappa shape index (κ3) is 4.32. The van der Waals surface area contributed by atoms with Crippen LogP contribution in [0, 0.1) is 23.7 Å². The van der Waals surface area contributed by atoms with E-state index in [0.717, 1.165) is 12.8 Å². The fourth-order valence-corrected chi connectivity index (χ4v) is 3.94. The van der Waals surface area contributed by atoms with Crippen LogP contribution in [-0.4, -0.2) is 48.7 Å². The Morgan fingerprint density at radius 2 is 2.00 bits per heavy atom. The zero-order chi connectivity index (χ0) is 19.7. The summed E-state index contributed by atoms with van der Waals surface area (Å²) in [5, 5.41) is 9.81. The van der Waals surface area contributed by atoms with Gasteiger partial charge in [-0.2, -0.15) is 0 Å². The van der Waals surface area contributed by atoms with Crippen LogP contribution in [0.4, 0.5) is 0 Å². The average Bonchev–Trinajstić information content (AvgIpc) is 3.37. The van der Waals surface area contributed by atoms with E-state index in [9.17, 15) is 14.7 Å². The van der Waals surface area contributed by atoms with Gasteiger partial charge in [0.1, 0.15) is 0 Å². The van der Waals surface area contributed by atoms with Crippen molar-refractivity contribution < 1.29 is 24.2 Å². The Labute approximate surface area is 164 Å². The molecule has 1 aromatic rings. The van der Waals surface area contributed by atoms with Gasteiger partial charge in [-0.3, -0.25) is 9.59 Å².